The first-order chi connectivity index (χ1) is 9.95. The van der Waals surface area contributed by atoms with Crippen LogP contribution in [0.25, 0.3) is 0 Å². The molecule has 1 aliphatic rings. The van der Waals surface area contributed by atoms with E-state index in [0.717, 1.165) is 61.4 Å². The van der Waals surface area contributed by atoms with Crippen LogP contribution in [-0.2, 0) is 6.54 Å². The van der Waals surface area contributed by atoms with Gasteiger partial charge in [-0.2, -0.15) is 0 Å². The molecule has 0 amide bonds. The van der Waals surface area contributed by atoms with Gasteiger partial charge in [-0.1, -0.05) is 15.9 Å². The van der Waals surface area contributed by atoms with E-state index in [1.807, 2.05) is 19.1 Å². The summed E-state index contributed by atoms with van der Waals surface area (Å²) in [5.74, 6) is 0.438. The normalized spacial score (nSPS) is 17.6. The van der Waals surface area contributed by atoms with Crippen molar-refractivity contribution in [2.24, 2.45) is 0 Å². The Morgan fingerprint density at radius 1 is 1.14 bits per heavy atom. The lowest BCUT2D eigenvalue weighted by molar-refractivity contribution is 0.120. The second kappa shape index (κ2) is 7.58. The molecule has 0 spiro atoms. The van der Waals surface area contributed by atoms with Gasteiger partial charge in [-0.3, -0.25) is 9.80 Å². The van der Waals surface area contributed by atoms with Crippen LogP contribution in [-0.4, -0.2) is 73.2 Å². The number of hydrogen-bond donors (Lipinski definition) is 1. The number of nitrogens with zero attached hydrogens (tertiary/aromatic N) is 3. The van der Waals surface area contributed by atoms with Crippen molar-refractivity contribution in [1.82, 2.24) is 14.7 Å². The summed E-state index contributed by atoms with van der Waals surface area (Å²) < 4.78 is 1.04. The molecule has 0 aromatic heterocycles. The first kappa shape index (κ1) is 16.7. The highest BCUT2D eigenvalue weighted by molar-refractivity contribution is 9.10. The Kier molecular flexibility index (Phi) is 6.05. The summed E-state index contributed by atoms with van der Waals surface area (Å²) in [6, 6.07) is 3.98. The lowest BCUT2D eigenvalue weighted by Gasteiger charge is -2.35. The Labute approximate surface area is 136 Å². The number of likely N-dealkylation sites (N-methyl/N-ethyl adjacent to an activating group) is 1. The molecule has 1 aromatic carbocycles. The number of hydrogen-bond acceptors (Lipinski definition) is 4. The summed E-state index contributed by atoms with van der Waals surface area (Å²) in [7, 11) is 4.24. The van der Waals surface area contributed by atoms with E-state index in [1.165, 1.54) is 0 Å². The van der Waals surface area contributed by atoms with Gasteiger partial charge in [0.05, 0.1) is 0 Å². The highest BCUT2D eigenvalue weighted by atomic mass is 79.9. The van der Waals surface area contributed by atoms with Crippen LogP contribution in [0.15, 0.2) is 16.6 Å². The van der Waals surface area contributed by atoms with Crippen molar-refractivity contribution in [3.63, 3.8) is 0 Å². The zero-order chi connectivity index (χ0) is 15.4. The number of halogens is 1. The third kappa shape index (κ3) is 4.95. The van der Waals surface area contributed by atoms with Crippen molar-refractivity contribution in [3.8, 4) is 5.75 Å². The summed E-state index contributed by atoms with van der Waals surface area (Å²) in [4.78, 5) is 7.17. The number of rotatable bonds is 5. The fourth-order valence-corrected chi connectivity index (χ4v) is 3.30. The molecule has 1 fully saturated rings. The topological polar surface area (TPSA) is 30.0 Å². The summed E-state index contributed by atoms with van der Waals surface area (Å²) in [5, 5.41) is 10.2. The SMILES string of the molecule is Cc1cc(Br)cc(CN2CCN(CCN(C)C)CC2)c1O. The van der Waals surface area contributed by atoms with Gasteiger partial charge < -0.3 is 10.0 Å². The Balaban J connectivity index is 1.86. The van der Waals surface area contributed by atoms with E-state index in [-0.39, 0.29) is 0 Å². The summed E-state index contributed by atoms with van der Waals surface area (Å²) in [5.41, 5.74) is 1.95. The average molecular weight is 356 g/mol. The molecule has 5 heteroatoms. The smallest absolute Gasteiger partial charge is 0.123 e. The molecule has 0 bridgehead atoms. The van der Waals surface area contributed by atoms with Gasteiger partial charge in [0.15, 0.2) is 0 Å². The fourth-order valence-electron chi connectivity index (χ4n) is 2.68. The van der Waals surface area contributed by atoms with Crippen LogP contribution in [0, 0.1) is 6.92 Å². The molecule has 21 heavy (non-hydrogen) atoms. The molecule has 1 heterocycles. The molecular weight excluding hydrogens is 330 g/mol. The highest BCUT2D eigenvalue weighted by Gasteiger charge is 2.18. The Hall–Kier alpha value is -0.620. The van der Waals surface area contributed by atoms with Gasteiger partial charge in [-0.05, 0) is 38.7 Å². The predicted octanol–water partition coefficient (Wildman–Crippen LogP) is 2.14. The number of phenols is 1. The van der Waals surface area contributed by atoms with E-state index in [0.29, 0.717) is 5.75 Å². The van der Waals surface area contributed by atoms with Gasteiger partial charge >= 0.3 is 0 Å². The minimum absolute atomic E-state index is 0.438. The summed E-state index contributed by atoms with van der Waals surface area (Å²) in [6.45, 7) is 9.39. The van der Waals surface area contributed by atoms with Crippen molar-refractivity contribution < 1.29 is 5.11 Å². The summed E-state index contributed by atoms with van der Waals surface area (Å²) >= 11 is 3.51. The maximum Gasteiger partial charge on any atom is 0.123 e. The van der Waals surface area contributed by atoms with Gasteiger partial charge in [0.1, 0.15) is 5.75 Å². The minimum Gasteiger partial charge on any atom is -0.507 e. The van der Waals surface area contributed by atoms with Crippen LogP contribution >= 0.6 is 15.9 Å². The van der Waals surface area contributed by atoms with Gasteiger partial charge in [-0.15, -0.1) is 0 Å². The van der Waals surface area contributed by atoms with Gasteiger partial charge in [0.25, 0.3) is 0 Å². The van der Waals surface area contributed by atoms with E-state index >= 15 is 0 Å². The lowest BCUT2D eigenvalue weighted by Crippen LogP contribution is -2.47. The third-order valence-corrected chi connectivity index (χ3v) is 4.52. The molecule has 0 atom stereocenters. The van der Waals surface area contributed by atoms with Crippen LogP contribution in [0.2, 0.25) is 0 Å². The molecule has 1 aliphatic heterocycles. The molecule has 4 nitrogen and oxygen atoms in total. The van der Waals surface area contributed by atoms with Crippen molar-refractivity contribution >= 4 is 15.9 Å². The quantitative estimate of drug-likeness (QED) is 0.876. The number of aromatic hydroxyl groups is 1. The van der Waals surface area contributed by atoms with E-state index in [1.54, 1.807) is 0 Å². The molecular formula is C16H26BrN3O. The largest absolute Gasteiger partial charge is 0.507 e. The van der Waals surface area contributed by atoms with Crippen LogP contribution in [0.5, 0.6) is 5.75 Å². The Morgan fingerprint density at radius 2 is 1.76 bits per heavy atom. The van der Waals surface area contributed by atoms with Crippen molar-refractivity contribution in [2.45, 2.75) is 13.5 Å². The zero-order valence-electron chi connectivity index (χ0n) is 13.3. The predicted molar refractivity (Wildman–Crippen MR) is 90.8 cm³/mol. The van der Waals surface area contributed by atoms with E-state index in [2.05, 4.69) is 44.7 Å². The van der Waals surface area contributed by atoms with Crippen LogP contribution < -0.4 is 0 Å². The molecule has 118 valence electrons. The first-order valence-corrected chi connectivity index (χ1v) is 8.32. The van der Waals surface area contributed by atoms with Crippen molar-refractivity contribution in [2.75, 3.05) is 53.4 Å². The average Bonchev–Trinajstić information content (AvgIpc) is 2.43. The molecule has 0 radical (unpaired) electrons. The number of piperazine rings is 1. The van der Waals surface area contributed by atoms with Crippen LogP contribution in [0.3, 0.4) is 0 Å². The van der Waals surface area contributed by atoms with Crippen molar-refractivity contribution in [3.05, 3.63) is 27.7 Å². The summed E-state index contributed by atoms with van der Waals surface area (Å²) in [6.07, 6.45) is 0. The van der Waals surface area contributed by atoms with E-state index in [9.17, 15) is 5.11 Å². The number of benzene rings is 1. The van der Waals surface area contributed by atoms with Crippen LogP contribution in [0.4, 0.5) is 0 Å². The maximum atomic E-state index is 10.2. The number of phenolic OH excluding ortho intramolecular Hbond substituents is 1. The van der Waals surface area contributed by atoms with E-state index in [4.69, 9.17) is 0 Å². The first-order valence-electron chi connectivity index (χ1n) is 7.53. The molecule has 1 aromatic rings. The number of aryl methyl sites for hydroxylation is 1. The van der Waals surface area contributed by atoms with Gasteiger partial charge in [0.2, 0.25) is 0 Å². The monoisotopic (exact) mass is 355 g/mol. The van der Waals surface area contributed by atoms with E-state index < -0.39 is 0 Å². The second-order valence-corrected chi connectivity index (χ2v) is 7.07. The van der Waals surface area contributed by atoms with Gasteiger partial charge in [0, 0.05) is 55.8 Å². The van der Waals surface area contributed by atoms with Crippen LogP contribution in [0.1, 0.15) is 11.1 Å². The zero-order valence-corrected chi connectivity index (χ0v) is 14.9. The lowest BCUT2D eigenvalue weighted by atomic mass is 10.1. The van der Waals surface area contributed by atoms with Gasteiger partial charge in [-0.25, -0.2) is 0 Å². The highest BCUT2D eigenvalue weighted by Crippen LogP contribution is 2.28. The Morgan fingerprint density at radius 3 is 2.38 bits per heavy atom. The second-order valence-electron chi connectivity index (χ2n) is 6.15. The van der Waals surface area contributed by atoms with Crippen molar-refractivity contribution in [1.29, 1.82) is 0 Å². The molecule has 1 saturated heterocycles. The third-order valence-electron chi connectivity index (χ3n) is 4.07. The molecule has 0 unspecified atom stereocenters. The Bertz CT molecular complexity index is 471. The molecule has 0 aliphatic carbocycles. The standard InChI is InChI=1S/C16H26BrN3O/c1-13-10-15(17)11-14(16(13)21)12-20-8-6-19(7-9-20)5-4-18(2)3/h10-11,21H,4-9,12H2,1-3H3. The molecule has 0 saturated carbocycles. The molecule has 2 rings (SSSR count). The minimum atomic E-state index is 0.438. The maximum absolute atomic E-state index is 10.2. The molecule has 1 N–H and O–H groups in total. The fraction of sp³-hybridized carbons (Fsp3) is 0.625.